The molecule has 1 aliphatic heterocycles. The minimum Gasteiger partial charge on any atom is -0.383 e. The summed E-state index contributed by atoms with van der Waals surface area (Å²) in [7, 11) is 0. The Labute approximate surface area is 220 Å². The normalized spacial score (nSPS) is 17.5. The van der Waals surface area contributed by atoms with Crippen molar-refractivity contribution in [2.24, 2.45) is 0 Å². The molecule has 4 aromatic rings. The Morgan fingerprint density at radius 3 is 2.46 bits per heavy atom. The lowest BCUT2D eigenvalue weighted by Gasteiger charge is -2.35. The van der Waals surface area contributed by atoms with Gasteiger partial charge in [-0.2, -0.15) is 5.26 Å². The summed E-state index contributed by atoms with van der Waals surface area (Å²) in [5.74, 6) is -0.0145. The van der Waals surface area contributed by atoms with Gasteiger partial charge in [0.25, 0.3) is 5.91 Å². The van der Waals surface area contributed by atoms with E-state index in [4.69, 9.17) is 10.5 Å². The molecule has 7 nitrogen and oxygen atoms in total. The molecular formula is C29H29N5O2S. The number of fused-ring (bicyclic) bond motifs is 1. The van der Waals surface area contributed by atoms with E-state index in [9.17, 15) is 10.1 Å². The predicted molar refractivity (Wildman–Crippen MR) is 149 cm³/mol. The van der Waals surface area contributed by atoms with E-state index in [1.807, 2.05) is 81.1 Å². The third kappa shape index (κ3) is 4.64. The number of amides is 1. The number of nitriles is 1. The fraction of sp³-hybridized carbons (Fsp3) is 0.276. The van der Waals surface area contributed by atoms with Crippen molar-refractivity contribution in [3.8, 4) is 17.2 Å². The average molecular weight is 512 g/mol. The van der Waals surface area contributed by atoms with Crippen LogP contribution in [0.1, 0.15) is 40.9 Å². The molecule has 2 aromatic heterocycles. The Morgan fingerprint density at radius 2 is 1.81 bits per heavy atom. The smallest absolute Gasteiger partial charge is 0.259 e. The average Bonchev–Trinajstić information content (AvgIpc) is 3.21. The van der Waals surface area contributed by atoms with E-state index in [0.717, 1.165) is 27.1 Å². The highest BCUT2D eigenvalue weighted by Gasteiger charge is 2.32. The van der Waals surface area contributed by atoms with Crippen LogP contribution in [0.2, 0.25) is 0 Å². The van der Waals surface area contributed by atoms with Crippen LogP contribution in [0.25, 0.3) is 21.3 Å². The van der Waals surface area contributed by atoms with Crippen molar-refractivity contribution in [2.45, 2.75) is 39.9 Å². The van der Waals surface area contributed by atoms with Crippen molar-refractivity contribution < 1.29 is 9.53 Å². The number of morpholine rings is 1. The topological polar surface area (TPSA) is 104 Å². The highest BCUT2D eigenvalue weighted by atomic mass is 32.1. The van der Waals surface area contributed by atoms with Gasteiger partial charge in [0.1, 0.15) is 28.0 Å². The Morgan fingerprint density at radius 1 is 1.14 bits per heavy atom. The number of benzene rings is 2. The van der Waals surface area contributed by atoms with E-state index in [1.54, 1.807) is 0 Å². The van der Waals surface area contributed by atoms with Crippen LogP contribution in [-0.4, -0.2) is 41.1 Å². The number of pyridine rings is 1. The summed E-state index contributed by atoms with van der Waals surface area (Å²) in [5.41, 5.74) is 12.3. The largest absolute Gasteiger partial charge is 0.383 e. The number of aromatic nitrogens is 1. The van der Waals surface area contributed by atoms with Gasteiger partial charge < -0.3 is 20.7 Å². The van der Waals surface area contributed by atoms with E-state index in [-0.39, 0.29) is 23.9 Å². The number of para-hydroxylation sites is 1. The molecule has 0 saturated carbocycles. The molecule has 5 rings (SSSR count). The maximum atomic E-state index is 14.1. The van der Waals surface area contributed by atoms with E-state index in [1.165, 1.54) is 11.3 Å². The van der Waals surface area contributed by atoms with Crippen LogP contribution < -0.4 is 11.1 Å². The lowest BCUT2D eigenvalue weighted by molar-refractivity contribution is -0.0585. The van der Waals surface area contributed by atoms with Crippen LogP contribution in [0.3, 0.4) is 0 Å². The second-order valence-electron chi connectivity index (χ2n) is 9.62. The van der Waals surface area contributed by atoms with E-state index in [0.29, 0.717) is 40.3 Å². The van der Waals surface area contributed by atoms with Gasteiger partial charge in [-0.25, -0.2) is 4.98 Å². The first-order chi connectivity index (χ1) is 17.8. The number of carbonyl (C=O) groups is 1. The lowest BCUT2D eigenvalue weighted by atomic mass is 9.99. The minimum absolute atomic E-state index is 0.0725. The molecule has 2 atom stereocenters. The molecule has 8 heteroatoms. The predicted octanol–water partition coefficient (Wildman–Crippen LogP) is 6.03. The molecule has 3 heterocycles. The molecule has 1 amide bonds. The van der Waals surface area contributed by atoms with Crippen LogP contribution in [0.5, 0.6) is 0 Å². The molecule has 0 bridgehead atoms. The van der Waals surface area contributed by atoms with Gasteiger partial charge in [-0.15, -0.1) is 11.3 Å². The number of hydrogen-bond acceptors (Lipinski definition) is 7. The number of hydrogen-bond donors (Lipinski definition) is 2. The monoisotopic (exact) mass is 511 g/mol. The summed E-state index contributed by atoms with van der Waals surface area (Å²) in [5, 5.41) is 14.2. The maximum Gasteiger partial charge on any atom is 0.259 e. The first-order valence-corrected chi connectivity index (χ1v) is 13.1. The molecule has 0 spiro atoms. The SMILES string of the molecule is Cc1ccc(-c2c(C#N)c(N)nc3c(C(=O)N4CC(C)OC(C)C4)c(Nc4ccccc4C)sc23)cc1. The second kappa shape index (κ2) is 9.85. The van der Waals surface area contributed by atoms with Crippen molar-refractivity contribution in [3.63, 3.8) is 0 Å². The van der Waals surface area contributed by atoms with Crippen LogP contribution in [0.4, 0.5) is 16.5 Å². The van der Waals surface area contributed by atoms with Crippen LogP contribution in [0, 0.1) is 25.2 Å². The number of ether oxygens (including phenoxy) is 1. The fourth-order valence-electron chi connectivity index (χ4n) is 4.85. The minimum atomic E-state index is -0.129. The summed E-state index contributed by atoms with van der Waals surface area (Å²) >= 11 is 1.43. The summed E-state index contributed by atoms with van der Waals surface area (Å²) in [4.78, 5) is 20.6. The molecule has 37 heavy (non-hydrogen) atoms. The number of thiophene rings is 1. The van der Waals surface area contributed by atoms with Gasteiger partial charge >= 0.3 is 0 Å². The zero-order valence-corrected chi connectivity index (χ0v) is 22.1. The van der Waals surface area contributed by atoms with E-state index >= 15 is 0 Å². The summed E-state index contributed by atoms with van der Waals surface area (Å²) in [6.45, 7) is 8.95. The number of aryl methyl sites for hydroxylation is 2. The molecule has 1 fully saturated rings. The number of anilines is 3. The van der Waals surface area contributed by atoms with Crippen LogP contribution in [-0.2, 0) is 4.74 Å². The van der Waals surface area contributed by atoms with Gasteiger partial charge in [0.05, 0.1) is 22.4 Å². The number of carbonyl (C=O) groups excluding carboxylic acids is 1. The van der Waals surface area contributed by atoms with Crippen molar-refractivity contribution in [2.75, 3.05) is 24.1 Å². The van der Waals surface area contributed by atoms with Gasteiger partial charge in [0.2, 0.25) is 0 Å². The molecule has 3 N–H and O–H groups in total. The highest BCUT2D eigenvalue weighted by molar-refractivity contribution is 7.24. The van der Waals surface area contributed by atoms with Gasteiger partial charge in [0.15, 0.2) is 0 Å². The van der Waals surface area contributed by atoms with E-state index < -0.39 is 0 Å². The van der Waals surface area contributed by atoms with E-state index in [2.05, 4.69) is 16.4 Å². The molecule has 2 unspecified atom stereocenters. The number of nitrogens with one attached hydrogen (secondary N) is 1. The number of rotatable bonds is 4. The Hall–Kier alpha value is -3.93. The summed E-state index contributed by atoms with van der Waals surface area (Å²) in [6.07, 6.45) is -0.145. The van der Waals surface area contributed by atoms with Gasteiger partial charge in [-0.1, -0.05) is 48.0 Å². The first-order valence-electron chi connectivity index (χ1n) is 12.3. The molecule has 2 aromatic carbocycles. The van der Waals surface area contributed by atoms with Gasteiger partial charge in [0, 0.05) is 24.3 Å². The van der Waals surface area contributed by atoms with Gasteiger partial charge in [-0.3, -0.25) is 4.79 Å². The van der Waals surface area contributed by atoms with Crippen LogP contribution >= 0.6 is 11.3 Å². The van der Waals surface area contributed by atoms with Crippen molar-refractivity contribution in [1.29, 1.82) is 5.26 Å². The van der Waals surface area contributed by atoms with Crippen molar-refractivity contribution >= 4 is 44.0 Å². The fourth-order valence-corrected chi connectivity index (χ4v) is 6.07. The molecule has 188 valence electrons. The third-order valence-corrected chi connectivity index (χ3v) is 7.73. The Bertz CT molecular complexity index is 1530. The number of nitrogen functional groups attached to an aromatic ring is 1. The summed E-state index contributed by atoms with van der Waals surface area (Å²) in [6, 6.07) is 18.1. The quantitative estimate of drug-likeness (QED) is 0.347. The zero-order chi connectivity index (χ0) is 26.3. The molecule has 0 radical (unpaired) electrons. The Balaban J connectivity index is 1.77. The summed E-state index contributed by atoms with van der Waals surface area (Å²) < 4.78 is 6.62. The highest BCUT2D eigenvalue weighted by Crippen LogP contribution is 2.45. The zero-order valence-electron chi connectivity index (χ0n) is 21.3. The van der Waals surface area contributed by atoms with Gasteiger partial charge in [-0.05, 0) is 44.9 Å². The second-order valence-corrected chi connectivity index (χ2v) is 10.6. The molecule has 1 saturated heterocycles. The Kier molecular flexibility index (Phi) is 6.59. The number of nitrogens with zero attached hydrogens (tertiary/aromatic N) is 3. The first kappa shape index (κ1) is 24.8. The van der Waals surface area contributed by atoms with Crippen LogP contribution in [0.15, 0.2) is 48.5 Å². The molecular weight excluding hydrogens is 482 g/mol. The third-order valence-electron chi connectivity index (χ3n) is 6.61. The number of nitrogens with two attached hydrogens (primary N) is 1. The lowest BCUT2D eigenvalue weighted by Crippen LogP contribution is -2.48. The van der Waals surface area contributed by atoms with Crippen molar-refractivity contribution in [3.05, 3.63) is 70.8 Å². The van der Waals surface area contributed by atoms with Crippen molar-refractivity contribution in [1.82, 2.24) is 9.88 Å². The molecule has 1 aliphatic rings. The molecule has 0 aliphatic carbocycles. The standard InChI is InChI=1S/C29H29N5O2S/c1-16-9-11-20(12-10-16)23-21(13-30)27(31)33-25-24(29(35)34-14-18(3)36-19(4)15-34)28(37-26(23)25)32-22-8-6-5-7-17(22)2/h5-12,18-19,32H,14-15H2,1-4H3,(H2,31,33). The maximum absolute atomic E-state index is 14.1.